The van der Waals surface area contributed by atoms with Crippen LogP contribution in [0.1, 0.15) is 45.9 Å². The summed E-state index contributed by atoms with van der Waals surface area (Å²) in [5, 5.41) is 4.50. The molecule has 0 aromatic carbocycles. The van der Waals surface area contributed by atoms with E-state index in [2.05, 4.69) is 25.0 Å². The van der Waals surface area contributed by atoms with Crippen molar-refractivity contribution in [3.63, 3.8) is 0 Å². The summed E-state index contributed by atoms with van der Waals surface area (Å²) < 4.78 is 2.01. The normalized spacial score (nSPS) is 14.4. The van der Waals surface area contributed by atoms with E-state index in [-0.39, 0.29) is 5.54 Å². The first kappa shape index (κ1) is 11.2. The Morgan fingerprint density at radius 2 is 2.21 bits per heavy atom. The van der Waals surface area contributed by atoms with Crippen molar-refractivity contribution < 1.29 is 0 Å². The molecule has 1 unspecified atom stereocenters. The molecule has 3 nitrogen and oxygen atoms in total. The first-order valence-corrected chi connectivity index (χ1v) is 5.25. The van der Waals surface area contributed by atoms with Gasteiger partial charge >= 0.3 is 0 Å². The van der Waals surface area contributed by atoms with E-state index >= 15 is 0 Å². The second-order valence-electron chi connectivity index (χ2n) is 4.71. The van der Waals surface area contributed by atoms with Crippen LogP contribution in [0.2, 0.25) is 0 Å². The van der Waals surface area contributed by atoms with Gasteiger partial charge in [-0.3, -0.25) is 4.68 Å². The molecule has 0 saturated carbocycles. The zero-order valence-electron chi connectivity index (χ0n) is 9.62. The van der Waals surface area contributed by atoms with Gasteiger partial charge in [-0.1, -0.05) is 6.92 Å². The molecule has 0 aliphatic rings. The molecule has 1 aromatic heterocycles. The third-order valence-corrected chi connectivity index (χ3v) is 2.34. The van der Waals surface area contributed by atoms with Gasteiger partial charge in [-0.05, 0) is 33.3 Å². The van der Waals surface area contributed by atoms with Crippen molar-refractivity contribution in [2.45, 2.75) is 52.1 Å². The molecule has 0 radical (unpaired) electrons. The molecule has 14 heavy (non-hydrogen) atoms. The maximum atomic E-state index is 5.94. The first-order chi connectivity index (χ1) is 6.42. The van der Waals surface area contributed by atoms with E-state index < -0.39 is 0 Å². The molecule has 0 aliphatic carbocycles. The molecule has 3 heteroatoms. The van der Waals surface area contributed by atoms with Crippen molar-refractivity contribution in [1.29, 1.82) is 0 Å². The second kappa shape index (κ2) is 4.13. The highest BCUT2D eigenvalue weighted by atomic mass is 15.3. The predicted molar refractivity (Wildman–Crippen MR) is 59.2 cm³/mol. The minimum atomic E-state index is -0.172. The summed E-state index contributed by atoms with van der Waals surface area (Å²) in [4.78, 5) is 0. The quantitative estimate of drug-likeness (QED) is 0.800. The molecule has 2 N–H and O–H groups in total. The van der Waals surface area contributed by atoms with Gasteiger partial charge in [-0.15, -0.1) is 0 Å². The molecule has 80 valence electrons. The van der Waals surface area contributed by atoms with E-state index in [1.165, 1.54) is 0 Å². The van der Waals surface area contributed by atoms with Gasteiger partial charge in [0.2, 0.25) is 0 Å². The minimum Gasteiger partial charge on any atom is -0.325 e. The van der Waals surface area contributed by atoms with Crippen LogP contribution >= 0.6 is 0 Å². The molecule has 1 atom stereocenters. The van der Waals surface area contributed by atoms with Crippen molar-refractivity contribution in [2.75, 3.05) is 0 Å². The van der Waals surface area contributed by atoms with Crippen LogP contribution in [0.4, 0.5) is 0 Å². The maximum Gasteiger partial charge on any atom is 0.0642 e. The summed E-state index contributed by atoms with van der Waals surface area (Å²) in [7, 11) is 0. The van der Waals surface area contributed by atoms with Crippen molar-refractivity contribution >= 4 is 0 Å². The smallest absolute Gasteiger partial charge is 0.0642 e. The fraction of sp³-hybridized carbons (Fsp3) is 0.727. The largest absolute Gasteiger partial charge is 0.325 e. The summed E-state index contributed by atoms with van der Waals surface area (Å²) in [6, 6.07) is 2.53. The molecule has 1 heterocycles. The summed E-state index contributed by atoms with van der Waals surface area (Å²) in [6.07, 6.45) is 3.97. The highest BCUT2D eigenvalue weighted by Gasteiger charge is 2.14. The second-order valence-corrected chi connectivity index (χ2v) is 4.71. The number of hydrogen-bond donors (Lipinski definition) is 1. The summed E-state index contributed by atoms with van der Waals surface area (Å²) in [6.45, 7) is 8.38. The van der Waals surface area contributed by atoms with Gasteiger partial charge in [-0.2, -0.15) is 5.10 Å². The fourth-order valence-electron chi connectivity index (χ4n) is 1.37. The Kier molecular flexibility index (Phi) is 3.32. The van der Waals surface area contributed by atoms with E-state index in [1.807, 2.05) is 24.7 Å². The minimum absolute atomic E-state index is 0.172. The SMILES string of the molecule is CCC(C)n1ccc(CC(C)(C)N)n1. The van der Waals surface area contributed by atoms with Crippen molar-refractivity contribution in [3.05, 3.63) is 18.0 Å². The molecular weight excluding hydrogens is 174 g/mol. The monoisotopic (exact) mass is 195 g/mol. The lowest BCUT2D eigenvalue weighted by Gasteiger charge is -2.16. The van der Waals surface area contributed by atoms with Crippen LogP contribution in [0.15, 0.2) is 12.3 Å². The average molecular weight is 195 g/mol. The molecule has 0 bridgehead atoms. The standard InChI is InChI=1S/C11H21N3/c1-5-9(2)14-7-6-10(13-14)8-11(3,4)12/h6-7,9H,5,8,12H2,1-4H3. The van der Waals surface area contributed by atoms with E-state index in [0.717, 1.165) is 18.5 Å². The lowest BCUT2D eigenvalue weighted by atomic mass is 10.0. The Labute approximate surface area is 86.3 Å². The molecule has 0 saturated heterocycles. The van der Waals surface area contributed by atoms with Crippen LogP contribution in [0.3, 0.4) is 0 Å². The molecule has 1 rings (SSSR count). The Morgan fingerprint density at radius 1 is 1.57 bits per heavy atom. The number of nitrogens with two attached hydrogens (primary N) is 1. The average Bonchev–Trinajstić information content (AvgIpc) is 2.48. The number of nitrogens with zero attached hydrogens (tertiary/aromatic N) is 2. The van der Waals surface area contributed by atoms with Crippen LogP contribution in [0.5, 0.6) is 0 Å². The third-order valence-electron chi connectivity index (χ3n) is 2.34. The van der Waals surface area contributed by atoms with Gasteiger partial charge < -0.3 is 5.73 Å². The highest BCUT2D eigenvalue weighted by Crippen LogP contribution is 2.12. The molecular formula is C11H21N3. The lowest BCUT2D eigenvalue weighted by Crippen LogP contribution is -2.34. The lowest BCUT2D eigenvalue weighted by molar-refractivity contribution is 0.459. The van der Waals surface area contributed by atoms with Crippen LogP contribution in [0.25, 0.3) is 0 Å². The van der Waals surface area contributed by atoms with E-state index in [9.17, 15) is 0 Å². The summed E-state index contributed by atoms with van der Waals surface area (Å²) in [5.41, 5.74) is 6.85. The third kappa shape index (κ3) is 3.14. The molecule has 0 spiro atoms. The zero-order chi connectivity index (χ0) is 10.8. The van der Waals surface area contributed by atoms with E-state index in [0.29, 0.717) is 6.04 Å². The fourth-order valence-corrected chi connectivity index (χ4v) is 1.37. The van der Waals surface area contributed by atoms with Gasteiger partial charge in [-0.25, -0.2) is 0 Å². The van der Waals surface area contributed by atoms with Crippen LogP contribution < -0.4 is 5.73 Å². The summed E-state index contributed by atoms with van der Waals surface area (Å²) in [5.74, 6) is 0. The van der Waals surface area contributed by atoms with Gasteiger partial charge in [0.1, 0.15) is 0 Å². The zero-order valence-corrected chi connectivity index (χ0v) is 9.62. The number of hydrogen-bond acceptors (Lipinski definition) is 2. The summed E-state index contributed by atoms with van der Waals surface area (Å²) >= 11 is 0. The highest BCUT2D eigenvalue weighted by molar-refractivity contribution is 5.04. The topological polar surface area (TPSA) is 43.8 Å². The van der Waals surface area contributed by atoms with Gasteiger partial charge in [0.05, 0.1) is 5.69 Å². The van der Waals surface area contributed by atoms with Crippen molar-refractivity contribution in [3.8, 4) is 0 Å². The van der Waals surface area contributed by atoms with E-state index in [1.54, 1.807) is 0 Å². The molecule has 0 fully saturated rings. The van der Waals surface area contributed by atoms with Gasteiger partial charge in [0.15, 0.2) is 0 Å². The van der Waals surface area contributed by atoms with Crippen LogP contribution in [-0.2, 0) is 6.42 Å². The van der Waals surface area contributed by atoms with E-state index in [4.69, 9.17) is 5.73 Å². The number of rotatable bonds is 4. The van der Waals surface area contributed by atoms with Crippen LogP contribution in [0, 0.1) is 0 Å². The van der Waals surface area contributed by atoms with Gasteiger partial charge in [0.25, 0.3) is 0 Å². The first-order valence-electron chi connectivity index (χ1n) is 5.25. The van der Waals surface area contributed by atoms with Crippen molar-refractivity contribution in [1.82, 2.24) is 9.78 Å². The molecule has 1 aromatic rings. The molecule has 0 amide bonds. The Hall–Kier alpha value is -0.830. The number of aromatic nitrogens is 2. The van der Waals surface area contributed by atoms with Crippen molar-refractivity contribution in [2.24, 2.45) is 5.73 Å². The predicted octanol–water partition coefficient (Wildman–Crippen LogP) is 2.13. The van der Waals surface area contributed by atoms with Gasteiger partial charge in [0, 0.05) is 24.2 Å². The Morgan fingerprint density at radius 3 is 2.71 bits per heavy atom. The van der Waals surface area contributed by atoms with Crippen LogP contribution in [-0.4, -0.2) is 15.3 Å². The molecule has 0 aliphatic heterocycles. The Balaban J connectivity index is 2.69. The Bertz CT molecular complexity index is 283. The maximum absolute atomic E-state index is 5.94.